The topological polar surface area (TPSA) is 130 Å². The maximum Gasteiger partial charge on any atom is 0.333 e. The number of methoxy groups -OCH3 is 1. The van der Waals surface area contributed by atoms with E-state index in [0.29, 0.717) is 31.3 Å². The van der Waals surface area contributed by atoms with Crippen LogP contribution in [0.1, 0.15) is 60.3 Å². The molecule has 212 valence electrons. The molecule has 0 aromatic heterocycles. The van der Waals surface area contributed by atoms with Gasteiger partial charge in [0.2, 0.25) is 5.91 Å². The molecule has 1 amide bonds. The number of carbonyl (C=O) groups is 4. The molecular weight excluding hydrogens is 490 g/mol. The molecule has 0 radical (unpaired) electrons. The van der Waals surface area contributed by atoms with Gasteiger partial charge < -0.3 is 24.6 Å². The number of amides is 1. The maximum absolute atomic E-state index is 14.0. The number of ketones is 1. The molecule has 2 N–H and O–H groups in total. The summed E-state index contributed by atoms with van der Waals surface area (Å²) < 4.78 is 11.0. The maximum atomic E-state index is 14.0. The quantitative estimate of drug-likeness (QED) is 0.393. The van der Waals surface area contributed by atoms with Gasteiger partial charge in [0.15, 0.2) is 5.78 Å². The number of Topliss-reactive ketones (excluding diaryl/α,β-unsaturated/α-hetero) is 1. The SMILES string of the molecule is C/C=C(\C)C(=O)O[C@H]1CC[C@@]2(C)[C@@H](C(=O)[C@H](O)[C@H]3[C@@H](C)/C(=C/C(=O)N(C)CCO)CC[C@@H]32)[C@@]1(C)C(=O)OC. The van der Waals surface area contributed by atoms with Gasteiger partial charge in [-0.3, -0.25) is 14.4 Å². The van der Waals surface area contributed by atoms with Crippen LogP contribution in [-0.2, 0) is 28.7 Å². The van der Waals surface area contributed by atoms with Crippen molar-refractivity contribution in [2.75, 3.05) is 27.3 Å². The Kier molecular flexibility index (Phi) is 8.93. The lowest BCUT2D eigenvalue weighted by atomic mass is 9.41. The molecule has 9 nitrogen and oxygen atoms in total. The summed E-state index contributed by atoms with van der Waals surface area (Å²) in [4.78, 5) is 54.1. The molecule has 3 aliphatic rings. The van der Waals surface area contributed by atoms with Crippen molar-refractivity contribution in [3.8, 4) is 0 Å². The van der Waals surface area contributed by atoms with E-state index < -0.39 is 52.6 Å². The summed E-state index contributed by atoms with van der Waals surface area (Å²) >= 11 is 0. The van der Waals surface area contributed by atoms with Gasteiger partial charge in [0.05, 0.1) is 13.7 Å². The highest BCUT2D eigenvalue weighted by molar-refractivity contribution is 5.95. The predicted octanol–water partition coefficient (Wildman–Crippen LogP) is 2.44. The third-order valence-corrected chi connectivity index (χ3v) is 9.78. The third kappa shape index (κ3) is 4.83. The second-order valence-corrected chi connectivity index (χ2v) is 11.7. The Labute approximate surface area is 225 Å². The van der Waals surface area contributed by atoms with Crippen LogP contribution in [0.4, 0.5) is 0 Å². The Morgan fingerprint density at radius 3 is 2.45 bits per heavy atom. The van der Waals surface area contributed by atoms with Crippen LogP contribution >= 0.6 is 0 Å². The van der Waals surface area contributed by atoms with Crippen molar-refractivity contribution in [3.63, 3.8) is 0 Å². The molecular formula is C29H43NO8. The molecule has 8 atom stereocenters. The van der Waals surface area contributed by atoms with Crippen molar-refractivity contribution in [3.05, 3.63) is 23.3 Å². The number of hydrogen-bond donors (Lipinski definition) is 2. The molecule has 0 aromatic rings. The van der Waals surface area contributed by atoms with Crippen LogP contribution in [0.25, 0.3) is 0 Å². The number of aliphatic hydroxyl groups excluding tert-OH is 2. The minimum Gasteiger partial charge on any atom is -0.468 e. The monoisotopic (exact) mass is 533 g/mol. The van der Waals surface area contributed by atoms with Crippen LogP contribution in [0.5, 0.6) is 0 Å². The smallest absolute Gasteiger partial charge is 0.333 e. The molecule has 3 rings (SSSR count). The Morgan fingerprint density at radius 1 is 1.21 bits per heavy atom. The fraction of sp³-hybridized carbons (Fsp3) is 0.724. The molecule has 0 spiro atoms. The van der Waals surface area contributed by atoms with Crippen LogP contribution in [0.3, 0.4) is 0 Å². The summed E-state index contributed by atoms with van der Waals surface area (Å²) in [5, 5.41) is 20.6. The summed E-state index contributed by atoms with van der Waals surface area (Å²) in [6, 6.07) is 0. The van der Waals surface area contributed by atoms with Gasteiger partial charge in [-0.2, -0.15) is 0 Å². The van der Waals surface area contributed by atoms with Crippen LogP contribution in [0.2, 0.25) is 0 Å². The Bertz CT molecular complexity index is 1030. The average molecular weight is 534 g/mol. The first kappa shape index (κ1) is 30.0. The zero-order chi connectivity index (χ0) is 28.6. The summed E-state index contributed by atoms with van der Waals surface area (Å²) in [7, 11) is 2.87. The lowest BCUT2D eigenvalue weighted by Gasteiger charge is -2.62. The van der Waals surface area contributed by atoms with E-state index in [9.17, 15) is 24.3 Å². The Balaban J connectivity index is 2.01. The summed E-state index contributed by atoms with van der Waals surface area (Å²) in [5.74, 6) is -3.47. The number of allylic oxidation sites excluding steroid dienone is 2. The van der Waals surface area contributed by atoms with Gasteiger partial charge in [-0.1, -0.05) is 25.5 Å². The van der Waals surface area contributed by atoms with E-state index in [1.54, 1.807) is 40.0 Å². The molecule has 0 aromatic carbocycles. The highest BCUT2D eigenvalue weighted by Crippen LogP contribution is 2.64. The highest BCUT2D eigenvalue weighted by Gasteiger charge is 2.69. The van der Waals surface area contributed by atoms with Crippen molar-refractivity contribution in [2.45, 2.75) is 72.5 Å². The van der Waals surface area contributed by atoms with E-state index in [2.05, 4.69) is 0 Å². The molecule has 0 saturated heterocycles. The zero-order valence-electron chi connectivity index (χ0n) is 23.7. The van der Waals surface area contributed by atoms with Gasteiger partial charge in [0.25, 0.3) is 0 Å². The number of likely N-dealkylation sites (N-methyl/N-ethyl adjacent to an activating group) is 1. The van der Waals surface area contributed by atoms with Crippen molar-refractivity contribution in [1.29, 1.82) is 0 Å². The average Bonchev–Trinajstić information content (AvgIpc) is 2.89. The highest BCUT2D eigenvalue weighted by atomic mass is 16.6. The minimum absolute atomic E-state index is 0.0875. The largest absolute Gasteiger partial charge is 0.468 e. The lowest BCUT2D eigenvalue weighted by molar-refractivity contribution is -0.214. The first-order valence-electron chi connectivity index (χ1n) is 13.5. The van der Waals surface area contributed by atoms with Gasteiger partial charge in [-0.25, -0.2) is 4.79 Å². The summed E-state index contributed by atoms with van der Waals surface area (Å²) in [6.45, 7) is 9.01. The first-order valence-corrected chi connectivity index (χ1v) is 13.5. The summed E-state index contributed by atoms with van der Waals surface area (Å²) in [5.41, 5.74) is -0.827. The number of hydrogen-bond acceptors (Lipinski definition) is 8. The molecule has 38 heavy (non-hydrogen) atoms. The fourth-order valence-electron chi connectivity index (χ4n) is 7.46. The Morgan fingerprint density at radius 2 is 1.87 bits per heavy atom. The van der Waals surface area contributed by atoms with Crippen LogP contribution < -0.4 is 0 Å². The van der Waals surface area contributed by atoms with E-state index in [1.807, 2.05) is 13.8 Å². The number of carbonyl (C=O) groups excluding carboxylic acids is 4. The molecule has 0 unspecified atom stereocenters. The second-order valence-electron chi connectivity index (χ2n) is 11.7. The van der Waals surface area contributed by atoms with E-state index in [0.717, 1.165) is 5.57 Å². The second kappa shape index (κ2) is 11.3. The van der Waals surface area contributed by atoms with Crippen molar-refractivity contribution >= 4 is 23.6 Å². The molecule has 0 heterocycles. The molecule has 3 fully saturated rings. The van der Waals surface area contributed by atoms with Crippen molar-refractivity contribution in [1.82, 2.24) is 4.90 Å². The zero-order valence-corrected chi connectivity index (χ0v) is 23.7. The third-order valence-electron chi connectivity index (χ3n) is 9.78. The predicted molar refractivity (Wildman–Crippen MR) is 139 cm³/mol. The van der Waals surface area contributed by atoms with E-state index in [-0.39, 0.29) is 30.9 Å². The number of rotatable bonds is 6. The number of aliphatic hydroxyl groups is 2. The number of fused-ring (bicyclic) bond motifs is 3. The standard InChI is InChI=1S/C29H43NO8/c1-8-16(2)26(35)38-20-11-12-28(4)19-10-9-18(15-21(32)30(6)13-14-31)17(3)22(19)23(33)24(34)25(28)29(20,5)27(36)37-7/h8,15,17,19-20,22-23,25,31,33H,9-14H2,1-7H3/b16-8+,18-15+/t17-,19-,20-,22-,23+,25+,28+,29-/m0/s1. The first-order chi connectivity index (χ1) is 17.8. The number of ether oxygens (including phenoxy) is 2. The van der Waals surface area contributed by atoms with E-state index in [1.165, 1.54) is 12.0 Å². The Hall–Kier alpha value is -2.52. The normalized spacial score (nSPS) is 38.2. The van der Waals surface area contributed by atoms with Crippen LogP contribution in [0, 0.1) is 34.5 Å². The minimum atomic E-state index is -1.46. The van der Waals surface area contributed by atoms with E-state index >= 15 is 0 Å². The molecule has 3 saturated carbocycles. The van der Waals surface area contributed by atoms with Gasteiger partial charge in [-0.15, -0.1) is 0 Å². The van der Waals surface area contributed by atoms with Crippen molar-refractivity contribution < 1.29 is 38.9 Å². The van der Waals surface area contributed by atoms with E-state index in [4.69, 9.17) is 14.6 Å². The van der Waals surface area contributed by atoms with Gasteiger partial charge >= 0.3 is 11.9 Å². The molecule has 0 bridgehead atoms. The number of esters is 2. The van der Waals surface area contributed by atoms with Gasteiger partial charge in [0, 0.05) is 37.1 Å². The van der Waals surface area contributed by atoms with Gasteiger partial charge in [0.1, 0.15) is 17.6 Å². The molecule has 0 aliphatic heterocycles. The van der Waals surface area contributed by atoms with Crippen LogP contribution in [0.15, 0.2) is 23.3 Å². The van der Waals surface area contributed by atoms with Gasteiger partial charge in [-0.05, 0) is 63.7 Å². The summed E-state index contributed by atoms with van der Waals surface area (Å²) in [6.07, 6.45) is 3.19. The number of nitrogens with zero attached hydrogens (tertiary/aromatic N) is 1. The lowest BCUT2D eigenvalue weighted by Crippen LogP contribution is -2.68. The fourth-order valence-corrected chi connectivity index (χ4v) is 7.46. The molecule has 3 aliphatic carbocycles. The van der Waals surface area contributed by atoms with Crippen LogP contribution in [-0.4, -0.2) is 78.3 Å². The van der Waals surface area contributed by atoms with Crippen molar-refractivity contribution in [2.24, 2.45) is 34.5 Å². The molecule has 9 heteroatoms.